The Morgan fingerprint density at radius 1 is 1.00 bits per heavy atom. The molecule has 0 spiro atoms. The number of hydrogen-bond acceptors (Lipinski definition) is 5. The minimum absolute atomic E-state index is 0.201. The summed E-state index contributed by atoms with van der Waals surface area (Å²) in [4.78, 5) is 22.4. The lowest BCUT2D eigenvalue weighted by Gasteiger charge is -2.28. The van der Waals surface area contributed by atoms with Crippen molar-refractivity contribution in [3.05, 3.63) is 102 Å². The highest BCUT2D eigenvalue weighted by molar-refractivity contribution is 6.06. The van der Waals surface area contributed by atoms with E-state index in [1.54, 1.807) is 17.1 Å². The van der Waals surface area contributed by atoms with E-state index >= 15 is 0 Å². The number of amides is 1. The minimum atomic E-state index is -0.463. The fourth-order valence-electron chi connectivity index (χ4n) is 3.84. The fraction of sp³-hybridized carbons (Fsp3) is 0.120. The van der Waals surface area contributed by atoms with Gasteiger partial charge >= 0.3 is 0 Å². The van der Waals surface area contributed by atoms with Crippen molar-refractivity contribution in [1.82, 2.24) is 19.7 Å². The first-order valence-electron chi connectivity index (χ1n) is 10.4. The van der Waals surface area contributed by atoms with Crippen molar-refractivity contribution >= 4 is 17.5 Å². The number of nitrogens with zero attached hydrogens (tertiary/aromatic N) is 4. The van der Waals surface area contributed by atoms with Gasteiger partial charge in [0.2, 0.25) is 5.95 Å². The van der Waals surface area contributed by atoms with Gasteiger partial charge in [0.25, 0.3) is 5.91 Å². The molecule has 7 nitrogen and oxygen atoms in total. The first kappa shape index (κ1) is 19.7. The fourth-order valence-corrected chi connectivity index (χ4v) is 3.84. The molecule has 1 unspecified atom stereocenters. The average molecular weight is 422 g/mol. The number of rotatable bonds is 4. The van der Waals surface area contributed by atoms with Crippen LogP contribution in [0.4, 0.5) is 11.6 Å². The lowest BCUT2D eigenvalue weighted by molar-refractivity contribution is -0.113. The summed E-state index contributed by atoms with van der Waals surface area (Å²) in [6.07, 6.45) is 3.47. The van der Waals surface area contributed by atoms with Crippen LogP contribution in [0.5, 0.6) is 0 Å². The summed E-state index contributed by atoms with van der Waals surface area (Å²) in [6.45, 7) is 3.92. The van der Waals surface area contributed by atoms with Crippen LogP contribution in [-0.2, 0) is 4.79 Å². The molecule has 2 aromatic heterocycles. The topological polar surface area (TPSA) is 84.7 Å². The highest BCUT2D eigenvalue weighted by atomic mass is 16.1. The van der Waals surface area contributed by atoms with Gasteiger partial charge in [0, 0.05) is 29.3 Å². The van der Waals surface area contributed by atoms with Crippen LogP contribution in [0.15, 0.2) is 90.4 Å². The molecular formula is C25H22N6O. The molecule has 1 aliphatic rings. The van der Waals surface area contributed by atoms with Gasteiger partial charge in [-0.3, -0.25) is 9.78 Å². The van der Waals surface area contributed by atoms with Crippen molar-refractivity contribution in [2.24, 2.45) is 0 Å². The molecule has 2 N–H and O–H groups in total. The predicted molar refractivity (Wildman–Crippen MR) is 124 cm³/mol. The number of allylic oxidation sites excluding steroid dienone is 1. The molecule has 32 heavy (non-hydrogen) atoms. The molecule has 7 heteroatoms. The zero-order valence-electron chi connectivity index (χ0n) is 17.8. The van der Waals surface area contributed by atoms with Crippen molar-refractivity contribution in [2.75, 3.05) is 10.6 Å². The third-order valence-corrected chi connectivity index (χ3v) is 5.44. The summed E-state index contributed by atoms with van der Waals surface area (Å²) in [5.41, 5.74) is 4.96. The second kappa shape index (κ2) is 8.11. The van der Waals surface area contributed by atoms with Crippen molar-refractivity contribution in [3.8, 4) is 11.4 Å². The standard InChI is InChI=1S/C25H22N6O/c1-16-10-12-18(13-11-16)23-29-25-27-17(2)21(24(32)28-20-8-4-3-5-9-20)22(31(25)30-23)19-7-6-14-26-15-19/h3-15,22H,1-2H3,(H,28,32)(H,27,29,30). The minimum Gasteiger partial charge on any atom is -0.328 e. The highest BCUT2D eigenvalue weighted by Crippen LogP contribution is 2.36. The van der Waals surface area contributed by atoms with Crippen molar-refractivity contribution < 1.29 is 4.79 Å². The maximum absolute atomic E-state index is 13.4. The zero-order chi connectivity index (χ0) is 22.1. The zero-order valence-corrected chi connectivity index (χ0v) is 17.8. The molecule has 1 aliphatic heterocycles. The number of fused-ring (bicyclic) bond motifs is 1. The van der Waals surface area contributed by atoms with E-state index in [0.717, 1.165) is 22.5 Å². The Labute approximate surface area is 185 Å². The number of nitrogens with one attached hydrogen (secondary N) is 2. The van der Waals surface area contributed by atoms with Crippen LogP contribution in [0.1, 0.15) is 24.1 Å². The average Bonchev–Trinajstić information content (AvgIpc) is 3.23. The second-order valence-electron chi connectivity index (χ2n) is 7.74. The van der Waals surface area contributed by atoms with Crippen LogP contribution in [0.25, 0.3) is 11.4 Å². The molecular weight excluding hydrogens is 400 g/mol. The third-order valence-electron chi connectivity index (χ3n) is 5.44. The van der Waals surface area contributed by atoms with Crippen molar-refractivity contribution in [3.63, 3.8) is 0 Å². The smallest absolute Gasteiger partial charge is 0.255 e. The molecule has 2 aromatic carbocycles. The third kappa shape index (κ3) is 3.65. The van der Waals surface area contributed by atoms with Gasteiger partial charge in [-0.05, 0) is 37.6 Å². The Morgan fingerprint density at radius 3 is 2.50 bits per heavy atom. The molecule has 0 radical (unpaired) electrons. The van der Waals surface area contributed by atoms with E-state index in [0.29, 0.717) is 17.3 Å². The lowest BCUT2D eigenvalue weighted by atomic mass is 9.96. The van der Waals surface area contributed by atoms with E-state index < -0.39 is 6.04 Å². The molecule has 0 fully saturated rings. The maximum Gasteiger partial charge on any atom is 0.255 e. The number of carbonyl (C=O) groups is 1. The van der Waals surface area contributed by atoms with E-state index in [2.05, 4.69) is 15.6 Å². The highest BCUT2D eigenvalue weighted by Gasteiger charge is 2.34. The van der Waals surface area contributed by atoms with Crippen LogP contribution < -0.4 is 10.6 Å². The van der Waals surface area contributed by atoms with Gasteiger partial charge in [-0.25, -0.2) is 4.68 Å². The number of anilines is 2. The van der Waals surface area contributed by atoms with Gasteiger partial charge in [0.05, 0.1) is 5.57 Å². The summed E-state index contributed by atoms with van der Waals surface area (Å²) >= 11 is 0. The number of hydrogen-bond donors (Lipinski definition) is 2. The van der Waals surface area contributed by atoms with Crippen LogP contribution in [0.2, 0.25) is 0 Å². The molecule has 0 saturated heterocycles. The van der Waals surface area contributed by atoms with E-state index in [1.165, 1.54) is 5.56 Å². The first-order valence-corrected chi connectivity index (χ1v) is 10.4. The molecule has 158 valence electrons. The predicted octanol–water partition coefficient (Wildman–Crippen LogP) is 4.58. The van der Waals surface area contributed by atoms with E-state index in [-0.39, 0.29) is 5.91 Å². The number of aromatic nitrogens is 4. The first-order chi connectivity index (χ1) is 15.6. The molecule has 4 aromatic rings. The number of carbonyl (C=O) groups excluding carboxylic acids is 1. The molecule has 1 amide bonds. The van der Waals surface area contributed by atoms with Crippen LogP contribution >= 0.6 is 0 Å². The van der Waals surface area contributed by atoms with E-state index in [4.69, 9.17) is 10.1 Å². The molecule has 3 heterocycles. The molecule has 0 bridgehead atoms. The summed E-state index contributed by atoms with van der Waals surface area (Å²) in [6, 6.07) is 20.8. The maximum atomic E-state index is 13.4. The molecule has 0 aliphatic carbocycles. The Bertz CT molecular complexity index is 1290. The number of benzene rings is 2. The van der Waals surface area contributed by atoms with Gasteiger partial charge in [-0.2, -0.15) is 4.98 Å². The largest absolute Gasteiger partial charge is 0.328 e. The number of para-hydroxylation sites is 1. The molecule has 1 atom stereocenters. The van der Waals surface area contributed by atoms with Crippen LogP contribution in [0, 0.1) is 6.92 Å². The SMILES string of the molecule is CC1=C(C(=O)Nc2ccccc2)C(c2cccnc2)n2nc(-c3ccc(C)cc3)nc2N1. The summed E-state index contributed by atoms with van der Waals surface area (Å²) in [5, 5.41) is 11.0. The van der Waals surface area contributed by atoms with E-state index in [9.17, 15) is 4.79 Å². The summed E-state index contributed by atoms with van der Waals surface area (Å²) in [5.74, 6) is 0.982. The van der Waals surface area contributed by atoms with Crippen LogP contribution in [0.3, 0.4) is 0 Å². The molecule has 0 saturated carbocycles. The van der Waals surface area contributed by atoms with Gasteiger partial charge < -0.3 is 10.6 Å². The number of aryl methyl sites for hydroxylation is 1. The summed E-state index contributed by atoms with van der Waals surface area (Å²) < 4.78 is 1.76. The lowest BCUT2D eigenvalue weighted by Crippen LogP contribution is -2.31. The molecule has 5 rings (SSSR count). The van der Waals surface area contributed by atoms with Gasteiger partial charge in [-0.15, -0.1) is 5.10 Å². The van der Waals surface area contributed by atoms with Gasteiger partial charge in [0.15, 0.2) is 5.82 Å². The monoisotopic (exact) mass is 422 g/mol. The van der Waals surface area contributed by atoms with Crippen molar-refractivity contribution in [1.29, 1.82) is 0 Å². The Balaban J connectivity index is 1.59. The van der Waals surface area contributed by atoms with E-state index in [1.807, 2.05) is 80.6 Å². The summed E-state index contributed by atoms with van der Waals surface area (Å²) in [7, 11) is 0. The van der Waals surface area contributed by atoms with Crippen molar-refractivity contribution in [2.45, 2.75) is 19.9 Å². The normalized spacial score (nSPS) is 15.1. The van der Waals surface area contributed by atoms with Crippen LogP contribution in [-0.4, -0.2) is 25.7 Å². The Morgan fingerprint density at radius 2 is 1.78 bits per heavy atom. The Kier molecular flexibility index (Phi) is 4.99. The van der Waals surface area contributed by atoms with Gasteiger partial charge in [0.1, 0.15) is 6.04 Å². The Hall–Kier alpha value is -4.26. The second-order valence-corrected chi connectivity index (χ2v) is 7.74. The van der Waals surface area contributed by atoms with Gasteiger partial charge in [-0.1, -0.05) is 54.1 Å². The quantitative estimate of drug-likeness (QED) is 0.503. The number of pyridine rings is 1.